The fourth-order valence-corrected chi connectivity index (χ4v) is 3.42. The molecule has 0 radical (unpaired) electrons. The van der Waals surface area contributed by atoms with Crippen molar-refractivity contribution in [2.75, 3.05) is 0 Å². The average Bonchev–Trinajstić information content (AvgIpc) is 2.75. The third kappa shape index (κ3) is 14.5. The summed E-state index contributed by atoms with van der Waals surface area (Å²) in [5, 5.41) is 0.781. The first-order valence-corrected chi connectivity index (χ1v) is 15.0. The van der Waals surface area contributed by atoms with Gasteiger partial charge in [-0.05, 0) is 36.4 Å². The van der Waals surface area contributed by atoms with Crippen molar-refractivity contribution in [2.45, 2.75) is 36.4 Å². The van der Waals surface area contributed by atoms with Crippen LogP contribution in [-0.2, 0) is 0 Å². The lowest BCUT2D eigenvalue weighted by Crippen LogP contribution is -2.22. The SMILES string of the molecule is BrBr.O=C(CCC(F)(F)F)c1ccc(Cl)c(Cl)c1.O=C(c1ccc(Cl)c(Cl)c1)C(Br)CC(F)(F)F. The van der Waals surface area contributed by atoms with Crippen LogP contribution in [0.25, 0.3) is 0 Å². The number of carbonyl (C=O) groups is 2. The molecule has 0 bridgehead atoms. The molecule has 2 nitrogen and oxygen atoms in total. The molecule has 0 aromatic heterocycles. The lowest BCUT2D eigenvalue weighted by molar-refractivity contribution is -0.134. The van der Waals surface area contributed by atoms with E-state index in [2.05, 4.69) is 44.2 Å². The third-order valence-electron chi connectivity index (χ3n) is 3.78. The third-order valence-corrected chi connectivity index (χ3v) is 5.99. The van der Waals surface area contributed by atoms with Crippen molar-refractivity contribution in [3.63, 3.8) is 0 Å². The molecule has 0 aliphatic rings. The van der Waals surface area contributed by atoms with Gasteiger partial charge in [-0.15, -0.1) is 0 Å². The molecule has 196 valence electrons. The maximum atomic E-state index is 12.1. The Bertz CT molecular complexity index is 1000. The molecule has 2 rings (SSSR count). The number of Topliss-reactive ketones (excluding diaryl/α,β-unsaturated/α-hetero) is 2. The number of halogens is 13. The summed E-state index contributed by atoms with van der Waals surface area (Å²) in [7, 11) is 0. The van der Waals surface area contributed by atoms with Gasteiger partial charge in [-0.1, -0.05) is 62.3 Å². The highest BCUT2D eigenvalue weighted by molar-refractivity contribution is 9.93. The van der Waals surface area contributed by atoms with Crippen molar-refractivity contribution in [2.24, 2.45) is 0 Å². The lowest BCUT2D eigenvalue weighted by Gasteiger charge is -2.11. The first-order valence-electron chi connectivity index (χ1n) is 8.89. The number of carbonyl (C=O) groups excluding carboxylic acids is 2. The molecule has 0 amide bonds. The van der Waals surface area contributed by atoms with E-state index in [1.54, 1.807) is 0 Å². The van der Waals surface area contributed by atoms with E-state index >= 15 is 0 Å². The van der Waals surface area contributed by atoms with Gasteiger partial charge in [0.25, 0.3) is 0 Å². The molecule has 35 heavy (non-hydrogen) atoms. The van der Waals surface area contributed by atoms with Gasteiger partial charge in [0, 0.05) is 45.8 Å². The topological polar surface area (TPSA) is 34.1 Å². The van der Waals surface area contributed by atoms with Gasteiger partial charge in [-0.25, -0.2) is 0 Å². The summed E-state index contributed by atoms with van der Waals surface area (Å²) in [5.74, 6) is -1.28. The summed E-state index contributed by atoms with van der Waals surface area (Å²) in [5.41, 5.74) is 0.226. The summed E-state index contributed by atoms with van der Waals surface area (Å²) in [6.07, 6.45) is -11.7. The van der Waals surface area contributed by atoms with Crippen molar-refractivity contribution < 1.29 is 35.9 Å². The van der Waals surface area contributed by atoms with Gasteiger partial charge in [0.2, 0.25) is 0 Å². The first kappa shape index (κ1) is 35.0. The molecular formula is C20H13Br3Cl4F6O2. The van der Waals surface area contributed by atoms with E-state index in [4.69, 9.17) is 46.4 Å². The molecular weight excluding hydrogens is 768 g/mol. The van der Waals surface area contributed by atoms with Crippen LogP contribution in [0.1, 0.15) is 40.0 Å². The van der Waals surface area contributed by atoms with E-state index in [0.717, 1.165) is 0 Å². The minimum atomic E-state index is -4.40. The first-order chi connectivity index (χ1) is 16.0. The molecule has 1 atom stereocenters. The summed E-state index contributed by atoms with van der Waals surface area (Å²) in [6, 6.07) is 7.95. The number of ketones is 2. The standard InChI is InChI=1S/C10H6BrCl2F3O.C10H7Cl2F3O.Br2/c11-6(4-10(14,15)16)9(17)5-1-2-7(12)8(13)3-5;11-7-2-1-6(5-8(7)12)9(16)3-4-10(13,14)15;1-2/h1-3,6H,4H2;1-2,5H,3-4H2;. The second-order valence-electron chi connectivity index (χ2n) is 6.45. The van der Waals surface area contributed by atoms with Gasteiger partial charge < -0.3 is 0 Å². The summed E-state index contributed by atoms with van der Waals surface area (Å²) < 4.78 is 71.9. The van der Waals surface area contributed by atoms with E-state index in [-0.39, 0.29) is 31.2 Å². The van der Waals surface area contributed by atoms with Crippen LogP contribution < -0.4 is 0 Å². The van der Waals surface area contributed by atoms with Crippen molar-refractivity contribution in [1.82, 2.24) is 0 Å². The molecule has 0 fully saturated rings. The Balaban J connectivity index is 0.000000618. The summed E-state index contributed by atoms with van der Waals surface area (Å²) in [4.78, 5) is 21.7. The predicted octanol–water partition coefficient (Wildman–Crippen LogP) is 11.1. The highest BCUT2D eigenvalue weighted by atomic mass is 80.9. The minimum Gasteiger partial charge on any atom is -0.294 e. The molecule has 2 aromatic rings. The largest absolute Gasteiger partial charge is 0.390 e. The Hall–Kier alpha value is -0.0400. The Labute approximate surface area is 240 Å². The monoisotopic (exact) mass is 776 g/mol. The zero-order chi connectivity index (χ0) is 27.6. The quantitative estimate of drug-likeness (QED) is 0.166. The van der Waals surface area contributed by atoms with Crippen molar-refractivity contribution in [3.8, 4) is 0 Å². The maximum absolute atomic E-state index is 12.1. The van der Waals surface area contributed by atoms with E-state index < -0.39 is 48.0 Å². The second kappa shape index (κ2) is 16.0. The number of hydrogen-bond acceptors (Lipinski definition) is 2. The molecule has 0 heterocycles. The van der Waals surface area contributed by atoms with E-state index in [9.17, 15) is 35.9 Å². The van der Waals surface area contributed by atoms with E-state index in [0.29, 0.717) is 0 Å². The van der Waals surface area contributed by atoms with Gasteiger partial charge in [-0.3, -0.25) is 9.59 Å². The Kier molecular flexibility index (Phi) is 16.0. The predicted molar refractivity (Wildman–Crippen MR) is 138 cm³/mol. The number of alkyl halides is 7. The van der Waals surface area contributed by atoms with Gasteiger partial charge in [0.05, 0.1) is 37.8 Å². The molecule has 0 saturated carbocycles. The molecule has 0 spiro atoms. The zero-order valence-electron chi connectivity index (χ0n) is 16.9. The van der Waals surface area contributed by atoms with Gasteiger partial charge in [0.15, 0.2) is 11.6 Å². The van der Waals surface area contributed by atoms with Gasteiger partial charge in [0.1, 0.15) is 0 Å². The van der Waals surface area contributed by atoms with Crippen LogP contribution in [0, 0.1) is 0 Å². The maximum Gasteiger partial charge on any atom is 0.390 e. The van der Waals surface area contributed by atoms with Gasteiger partial charge in [-0.2, -0.15) is 26.3 Å². The van der Waals surface area contributed by atoms with Crippen molar-refractivity contribution >= 4 is 102 Å². The Morgan fingerprint density at radius 2 is 1.17 bits per heavy atom. The molecule has 0 saturated heterocycles. The Morgan fingerprint density at radius 1 is 0.743 bits per heavy atom. The molecule has 0 aliphatic heterocycles. The lowest BCUT2D eigenvalue weighted by atomic mass is 10.1. The van der Waals surface area contributed by atoms with Crippen LogP contribution in [0.4, 0.5) is 26.3 Å². The highest BCUT2D eigenvalue weighted by Crippen LogP contribution is 2.29. The molecule has 2 aromatic carbocycles. The smallest absolute Gasteiger partial charge is 0.294 e. The average molecular weight is 781 g/mol. The second-order valence-corrected chi connectivity index (χ2v) is 9.18. The number of hydrogen-bond donors (Lipinski definition) is 0. The molecule has 0 N–H and O–H groups in total. The van der Waals surface area contributed by atoms with Crippen LogP contribution in [0.2, 0.25) is 20.1 Å². The van der Waals surface area contributed by atoms with Crippen LogP contribution >= 0.6 is 90.6 Å². The van der Waals surface area contributed by atoms with E-state index in [1.165, 1.54) is 36.4 Å². The van der Waals surface area contributed by atoms with Crippen LogP contribution in [-0.4, -0.2) is 28.7 Å². The summed E-state index contributed by atoms with van der Waals surface area (Å²) in [6.45, 7) is 0. The van der Waals surface area contributed by atoms with Gasteiger partial charge >= 0.3 is 12.4 Å². The molecule has 0 aliphatic carbocycles. The Morgan fingerprint density at radius 3 is 1.57 bits per heavy atom. The zero-order valence-corrected chi connectivity index (χ0v) is 24.7. The van der Waals surface area contributed by atoms with Crippen LogP contribution in [0.3, 0.4) is 0 Å². The van der Waals surface area contributed by atoms with Crippen molar-refractivity contribution in [3.05, 3.63) is 67.6 Å². The molecule has 15 heteroatoms. The van der Waals surface area contributed by atoms with Crippen LogP contribution in [0.5, 0.6) is 0 Å². The fourth-order valence-electron chi connectivity index (χ4n) is 2.20. The highest BCUT2D eigenvalue weighted by Gasteiger charge is 2.34. The van der Waals surface area contributed by atoms with Crippen molar-refractivity contribution in [1.29, 1.82) is 0 Å². The molecule has 1 unspecified atom stereocenters. The number of benzene rings is 2. The minimum absolute atomic E-state index is 0.0884. The fraction of sp³-hybridized carbons (Fsp3) is 0.300. The normalized spacial score (nSPS) is 12.0. The van der Waals surface area contributed by atoms with E-state index in [1.807, 2.05) is 0 Å². The number of rotatable bonds is 6. The summed E-state index contributed by atoms with van der Waals surface area (Å²) >= 11 is 30.8. The van der Waals surface area contributed by atoms with Crippen LogP contribution in [0.15, 0.2) is 36.4 Å².